The van der Waals surface area contributed by atoms with Crippen molar-refractivity contribution in [1.29, 1.82) is 0 Å². The number of pyridine rings is 2. The molecule has 2 aromatic heterocycles. The minimum Gasteiger partial charge on any atom is -0.370 e. The van der Waals surface area contributed by atoms with Crippen LogP contribution in [0.2, 0.25) is 0 Å². The monoisotopic (exact) mass is 257 g/mol. The topological polar surface area (TPSA) is 46.9 Å². The first-order chi connectivity index (χ1) is 9.20. The first kappa shape index (κ1) is 13.3. The maximum atomic E-state index is 12.0. The molecule has 0 aliphatic heterocycles. The molecule has 0 fully saturated rings. The Labute approximate surface area is 113 Å². The highest BCUT2D eigenvalue weighted by atomic mass is 16.1. The van der Waals surface area contributed by atoms with E-state index in [9.17, 15) is 4.79 Å². The smallest absolute Gasteiger partial charge is 0.253 e. The molecule has 0 spiro atoms. The molecular weight excluding hydrogens is 238 g/mol. The van der Waals surface area contributed by atoms with E-state index in [-0.39, 0.29) is 5.56 Å². The fraction of sp³-hybridized carbons (Fsp3) is 0.333. The van der Waals surface area contributed by atoms with E-state index in [4.69, 9.17) is 0 Å². The van der Waals surface area contributed by atoms with E-state index in [2.05, 4.69) is 17.2 Å². The van der Waals surface area contributed by atoms with Crippen molar-refractivity contribution in [2.45, 2.75) is 26.8 Å². The fourth-order valence-corrected chi connectivity index (χ4v) is 1.90. The van der Waals surface area contributed by atoms with Crippen LogP contribution in [0, 0.1) is 6.92 Å². The predicted octanol–water partition coefficient (Wildman–Crippen LogP) is 2.42. The molecule has 2 heterocycles. The van der Waals surface area contributed by atoms with Crippen molar-refractivity contribution < 1.29 is 0 Å². The first-order valence-electron chi connectivity index (χ1n) is 6.55. The van der Waals surface area contributed by atoms with E-state index in [0.29, 0.717) is 6.54 Å². The number of anilines is 1. The Balaban J connectivity index is 2.19. The van der Waals surface area contributed by atoms with Gasteiger partial charge in [0.25, 0.3) is 5.56 Å². The summed E-state index contributed by atoms with van der Waals surface area (Å²) in [7, 11) is 0. The lowest BCUT2D eigenvalue weighted by Crippen LogP contribution is -2.21. The molecule has 19 heavy (non-hydrogen) atoms. The summed E-state index contributed by atoms with van der Waals surface area (Å²) in [6.07, 6.45) is 4.65. The maximum absolute atomic E-state index is 12.0. The molecule has 4 heteroatoms. The SMILES string of the molecule is CCCNc1cc(Cn2cccc(C)c2=O)ccn1. The van der Waals surface area contributed by atoms with Crippen LogP contribution >= 0.6 is 0 Å². The number of hydrogen-bond donors (Lipinski definition) is 1. The minimum absolute atomic E-state index is 0.0578. The summed E-state index contributed by atoms with van der Waals surface area (Å²) in [6.45, 7) is 5.42. The van der Waals surface area contributed by atoms with Crippen molar-refractivity contribution in [2.75, 3.05) is 11.9 Å². The van der Waals surface area contributed by atoms with Gasteiger partial charge in [-0.15, -0.1) is 0 Å². The maximum Gasteiger partial charge on any atom is 0.253 e. The molecule has 0 aliphatic carbocycles. The molecule has 0 aliphatic rings. The zero-order valence-electron chi connectivity index (χ0n) is 11.4. The normalized spacial score (nSPS) is 10.4. The van der Waals surface area contributed by atoms with Crippen LogP contribution in [0.15, 0.2) is 41.5 Å². The summed E-state index contributed by atoms with van der Waals surface area (Å²) in [5.74, 6) is 0.861. The van der Waals surface area contributed by atoms with Crippen LogP contribution in [0.3, 0.4) is 0 Å². The molecule has 2 rings (SSSR count). The molecule has 0 bridgehead atoms. The number of aromatic nitrogens is 2. The summed E-state index contributed by atoms with van der Waals surface area (Å²) in [5, 5.41) is 3.25. The summed E-state index contributed by atoms with van der Waals surface area (Å²) in [5.41, 5.74) is 1.89. The number of hydrogen-bond acceptors (Lipinski definition) is 3. The first-order valence-corrected chi connectivity index (χ1v) is 6.55. The van der Waals surface area contributed by atoms with Gasteiger partial charge in [-0.1, -0.05) is 13.0 Å². The fourth-order valence-electron chi connectivity index (χ4n) is 1.90. The van der Waals surface area contributed by atoms with Crippen LogP contribution in [0.5, 0.6) is 0 Å². The highest BCUT2D eigenvalue weighted by Crippen LogP contribution is 2.08. The van der Waals surface area contributed by atoms with Gasteiger partial charge in [-0.05, 0) is 37.1 Å². The molecule has 4 nitrogen and oxygen atoms in total. The average molecular weight is 257 g/mol. The van der Waals surface area contributed by atoms with Gasteiger partial charge in [0, 0.05) is 24.5 Å². The Morgan fingerprint density at radius 3 is 3.00 bits per heavy atom. The molecule has 2 aromatic rings. The third-order valence-corrected chi connectivity index (χ3v) is 2.94. The Hall–Kier alpha value is -2.10. The van der Waals surface area contributed by atoms with Gasteiger partial charge in [-0.3, -0.25) is 4.79 Å². The second-order valence-corrected chi connectivity index (χ2v) is 4.60. The lowest BCUT2D eigenvalue weighted by atomic mass is 10.2. The van der Waals surface area contributed by atoms with Crippen LogP contribution in [-0.2, 0) is 6.54 Å². The van der Waals surface area contributed by atoms with Gasteiger partial charge < -0.3 is 9.88 Å². The van der Waals surface area contributed by atoms with Crippen molar-refractivity contribution >= 4 is 5.82 Å². The van der Waals surface area contributed by atoms with Crippen molar-refractivity contribution in [2.24, 2.45) is 0 Å². The molecule has 1 N–H and O–H groups in total. The molecule has 0 radical (unpaired) electrons. The van der Waals surface area contributed by atoms with Crippen LogP contribution < -0.4 is 10.9 Å². The van der Waals surface area contributed by atoms with Crippen LogP contribution in [0.25, 0.3) is 0 Å². The van der Waals surface area contributed by atoms with Gasteiger partial charge in [0.1, 0.15) is 5.82 Å². The van der Waals surface area contributed by atoms with E-state index in [0.717, 1.165) is 29.9 Å². The van der Waals surface area contributed by atoms with Crippen LogP contribution in [0.1, 0.15) is 24.5 Å². The molecule has 0 saturated carbocycles. The van der Waals surface area contributed by atoms with E-state index in [1.807, 2.05) is 37.4 Å². The highest BCUT2D eigenvalue weighted by Gasteiger charge is 2.01. The van der Waals surface area contributed by atoms with Gasteiger partial charge in [0.05, 0.1) is 6.54 Å². The van der Waals surface area contributed by atoms with Gasteiger partial charge in [0.15, 0.2) is 0 Å². The van der Waals surface area contributed by atoms with Crippen molar-refractivity contribution in [3.63, 3.8) is 0 Å². The van der Waals surface area contributed by atoms with Gasteiger partial charge in [-0.25, -0.2) is 4.98 Å². The largest absolute Gasteiger partial charge is 0.370 e. The summed E-state index contributed by atoms with van der Waals surface area (Å²) < 4.78 is 1.72. The van der Waals surface area contributed by atoms with E-state index >= 15 is 0 Å². The van der Waals surface area contributed by atoms with Crippen LogP contribution in [0.4, 0.5) is 5.82 Å². The number of nitrogens with one attached hydrogen (secondary N) is 1. The average Bonchev–Trinajstić information content (AvgIpc) is 2.42. The lowest BCUT2D eigenvalue weighted by Gasteiger charge is -2.09. The second kappa shape index (κ2) is 6.18. The summed E-state index contributed by atoms with van der Waals surface area (Å²) >= 11 is 0. The molecule has 0 amide bonds. The predicted molar refractivity (Wildman–Crippen MR) is 77.6 cm³/mol. The highest BCUT2D eigenvalue weighted by molar-refractivity contribution is 5.37. The second-order valence-electron chi connectivity index (χ2n) is 4.60. The van der Waals surface area contributed by atoms with E-state index < -0.39 is 0 Å². The Morgan fingerprint density at radius 2 is 2.21 bits per heavy atom. The molecule has 100 valence electrons. The van der Waals surface area contributed by atoms with E-state index in [1.54, 1.807) is 10.8 Å². The number of rotatable bonds is 5. The molecule has 0 unspecified atom stereocenters. The van der Waals surface area contributed by atoms with Crippen molar-refractivity contribution in [3.05, 3.63) is 58.1 Å². The zero-order valence-corrected chi connectivity index (χ0v) is 11.4. The van der Waals surface area contributed by atoms with Gasteiger partial charge in [-0.2, -0.15) is 0 Å². The van der Waals surface area contributed by atoms with Gasteiger partial charge >= 0.3 is 0 Å². The minimum atomic E-state index is 0.0578. The third-order valence-electron chi connectivity index (χ3n) is 2.94. The lowest BCUT2D eigenvalue weighted by molar-refractivity contribution is 0.751. The Bertz CT molecular complexity index is 604. The zero-order chi connectivity index (χ0) is 13.7. The van der Waals surface area contributed by atoms with E-state index in [1.165, 1.54) is 0 Å². The van der Waals surface area contributed by atoms with Crippen molar-refractivity contribution in [1.82, 2.24) is 9.55 Å². The van der Waals surface area contributed by atoms with Crippen LogP contribution in [-0.4, -0.2) is 16.1 Å². The summed E-state index contributed by atoms with van der Waals surface area (Å²) in [6, 6.07) is 7.66. The third kappa shape index (κ3) is 3.44. The number of aryl methyl sites for hydroxylation is 1. The molecule has 0 atom stereocenters. The number of nitrogens with zero attached hydrogens (tertiary/aromatic N) is 2. The Kier molecular flexibility index (Phi) is 4.34. The summed E-state index contributed by atoms with van der Waals surface area (Å²) in [4.78, 5) is 16.2. The van der Waals surface area contributed by atoms with Gasteiger partial charge in [0.2, 0.25) is 0 Å². The molecular formula is C15H19N3O. The molecule has 0 saturated heterocycles. The van der Waals surface area contributed by atoms with Crippen molar-refractivity contribution in [3.8, 4) is 0 Å². The Morgan fingerprint density at radius 1 is 1.37 bits per heavy atom. The standard InChI is InChI=1S/C15H19N3O/c1-3-7-16-14-10-13(6-8-17-14)11-18-9-4-5-12(2)15(18)19/h4-6,8-10H,3,7,11H2,1-2H3,(H,16,17). The molecule has 0 aromatic carbocycles. The quantitative estimate of drug-likeness (QED) is 0.894.